The Bertz CT molecular complexity index is 489. The molecule has 94 valence electrons. The molecule has 5 heteroatoms. The van der Waals surface area contributed by atoms with E-state index in [1.165, 1.54) is 0 Å². The van der Waals surface area contributed by atoms with Crippen molar-refractivity contribution in [2.24, 2.45) is 0 Å². The Labute approximate surface area is 106 Å². The van der Waals surface area contributed by atoms with Gasteiger partial charge < -0.3 is 10.1 Å². The lowest BCUT2D eigenvalue weighted by molar-refractivity contribution is 0.399. The molecule has 1 atom stereocenters. The standard InChI is InChI=1S/C13H16N4O/c1-3-15-12(10-9-14-7-8-16-10)13-11(18-2)5-4-6-17-13/h4-9,12,15H,3H2,1-2H3. The minimum Gasteiger partial charge on any atom is -0.495 e. The highest BCUT2D eigenvalue weighted by Crippen LogP contribution is 2.26. The van der Waals surface area contributed by atoms with Gasteiger partial charge in [0.1, 0.15) is 11.4 Å². The Morgan fingerprint density at radius 1 is 1.28 bits per heavy atom. The first-order chi connectivity index (χ1) is 8.86. The van der Waals surface area contributed by atoms with Crippen LogP contribution < -0.4 is 10.1 Å². The minimum atomic E-state index is -0.111. The van der Waals surface area contributed by atoms with Crippen LogP contribution in [0.4, 0.5) is 0 Å². The van der Waals surface area contributed by atoms with E-state index in [1.807, 2.05) is 19.1 Å². The SMILES string of the molecule is CCNC(c1cnccn1)c1ncccc1OC. The van der Waals surface area contributed by atoms with Gasteiger partial charge in [0.05, 0.1) is 25.0 Å². The van der Waals surface area contributed by atoms with E-state index in [9.17, 15) is 0 Å². The van der Waals surface area contributed by atoms with Crippen LogP contribution in [0.2, 0.25) is 0 Å². The summed E-state index contributed by atoms with van der Waals surface area (Å²) in [4.78, 5) is 12.8. The number of hydrogen-bond acceptors (Lipinski definition) is 5. The van der Waals surface area contributed by atoms with E-state index in [0.29, 0.717) is 0 Å². The Hall–Kier alpha value is -2.01. The van der Waals surface area contributed by atoms with Crippen LogP contribution in [-0.4, -0.2) is 28.6 Å². The zero-order chi connectivity index (χ0) is 12.8. The third kappa shape index (κ3) is 2.62. The van der Waals surface area contributed by atoms with Gasteiger partial charge >= 0.3 is 0 Å². The zero-order valence-corrected chi connectivity index (χ0v) is 10.5. The van der Waals surface area contributed by atoms with Crippen molar-refractivity contribution in [3.05, 3.63) is 48.3 Å². The molecule has 0 aromatic carbocycles. The summed E-state index contributed by atoms with van der Waals surface area (Å²) in [5.74, 6) is 0.745. The van der Waals surface area contributed by atoms with Crippen molar-refractivity contribution in [2.75, 3.05) is 13.7 Å². The quantitative estimate of drug-likeness (QED) is 0.865. The molecule has 2 heterocycles. The Balaban J connectivity index is 2.41. The number of ether oxygens (including phenoxy) is 1. The molecule has 2 aromatic heterocycles. The van der Waals surface area contributed by atoms with Crippen molar-refractivity contribution in [3.8, 4) is 5.75 Å². The van der Waals surface area contributed by atoms with Gasteiger partial charge in [0, 0.05) is 18.6 Å². The van der Waals surface area contributed by atoms with E-state index in [-0.39, 0.29) is 6.04 Å². The van der Waals surface area contributed by atoms with E-state index < -0.39 is 0 Å². The van der Waals surface area contributed by atoms with Crippen LogP contribution in [-0.2, 0) is 0 Å². The molecule has 5 nitrogen and oxygen atoms in total. The normalized spacial score (nSPS) is 12.1. The summed E-state index contributed by atoms with van der Waals surface area (Å²) in [6, 6.07) is 3.63. The molecule has 2 rings (SSSR count). The van der Waals surface area contributed by atoms with Crippen LogP contribution >= 0.6 is 0 Å². The first-order valence-corrected chi connectivity index (χ1v) is 5.85. The number of hydrogen-bond donors (Lipinski definition) is 1. The van der Waals surface area contributed by atoms with E-state index in [0.717, 1.165) is 23.7 Å². The topological polar surface area (TPSA) is 59.9 Å². The predicted molar refractivity (Wildman–Crippen MR) is 68.3 cm³/mol. The molecule has 0 radical (unpaired) electrons. The number of methoxy groups -OCH3 is 1. The molecule has 0 bridgehead atoms. The maximum atomic E-state index is 5.34. The second-order valence-electron chi connectivity index (χ2n) is 3.71. The highest BCUT2D eigenvalue weighted by Gasteiger charge is 2.19. The Morgan fingerprint density at radius 3 is 2.83 bits per heavy atom. The first kappa shape index (κ1) is 12.4. The third-order valence-corrected chi connectivity index (χ3v) is 2.58. The second-order valence-corrected chi connectivity index (χ2v) is 3.71. The van der Waals surface area contributed by atoms with E-state index in [1.54, 1.807) is 31.9 Å². The van der Waals surface area contributed by atoms with Crippen LogP contribution in [0.1, 0.15) is 24.4 Å². The van der Waals surface area contributed by atoms with Crippen LogP contribution in [0.15, 0.2) is 36.9 Å². The average Bonchev–Trinajstić information content (AvgIpc) is 2.46. The van der Waals surface area contributed by atoms with E-state index in [4.69, 9.17) is 4.74 Å². The predicted octanol–water partition coefficient (Wildman–Crippen LogP) is 1.58. The highest BCUT2D eigenvalue weighted by molar-refractivity contribution is 5.33. The smallest absolute Gasteiger partial charge is 0.142 e. The summed E-state index contributed by atoms with van der Waals surface area (Å²) in [7, 11) is 1.64. The number of aromatic nitrogens is 3. The molecule has 0 aliphatic heterocycles. The van der Waals surface area contributed by atoms with Crippen molar-refractivity contribution >= 4 is 0 Å². The fraction of sp³-hybridized carbons (Fsp3) is 0.308. The van der Waals surface area contributed by atoms with Crippen molar-refractivity contribution in [2.45, 2.75) is 13.0 Å². The monoisotopic (exact) mass is 244 g/mol. The van der Waals surface area contributed by atoms with Gasteiger partial charge in [0.15, 0.2) is 0 Å². The summed E-state index contributed by atoms with van der Waals surface area (Å²) < 4.78 is 5.34. The van der Waals surface area contributed by atoms with Crippen LogP contribution in [0.25, 0.3) is 0 Å². The first-order valence-electron chi connectivity index (χ1n) is 5.85. The molecular formula is C13H16N4O. The molecule has 2 aromatic rings. The molecule has 1 unspecified atom stereocenters. The molecule has 0 aliphatic carbocycles. The van der Waals surface area contributed by atoms with Gasteiger partial charge in [0.2, 0.25) is 0 Å². The number of pyridine rings is 1. The molecule has 0 saturated heterocycles. The van der Waals surface area contributed by atoms with Crippen molar-refractivity contribution in [1.82, 2.24) is 20.3 Å². The van der Waals surface area contributed by atoms with Crippen LogP contribution in [0.3, 0.4) is 0 Å². The van der Waals surface area contributed by atoms with Crippen molar-refractivity contribution < 1.29 is 4.74 Å². The van der Waals surface area contributed by atoms with Crippen molar-refractivity contribution in [3.63, 3.8) is 0 Å². The lowest BCUT2D eigenvalue weighted by Gasteiger charge is -2.18. The molecule has 1 N–H and O–H groups in total. The molecule has 0 amide bonds. The largest absolute Gasteiger partial charge is 0.495 e. The molecule has 0 saturated carbocycles. The molecule has 0 fully saturated rings. The maximum absolute atomic E-state index is 5.34. The molecule has 0 spiro atoms. The Morgan fingerprint density at radius 2 is 2.17 bits per heavy atom. The number of nitrogens with zero attached hydrogens (tertiary/aromatic N) is 3. The van der Waals surface area contributed by atoms with Gasteiger partial charge in [-0.05, 0) is 18.7 Å². The van der Waals surface area contributed by atoms with E-state index in [2.05, 4.69) is 20.3 Å². The van der Waals surface area contributed by atoms with Gasteiger partial charge in [-0.25, -0.2) is 0 Å². The fourth-order valence-corrected chi connectivity index (χ4v) is 1.80. The molecular weight excluding hydrogens is 228 g/mol. The van der Waals surface area contributed by atoms with Gasteiger partial charge in [-0.3, -0.25) is 15.0 Å². The summed E-state index contributed by atoms with van der Waals surface area (Å²) in [6.45, 7) is 2.85. The van der Waals surface area contributed by atoms with Gasteiger partial charge in [-0.2, -0.15) is 0 Å². The lowest BCUT2D eigenvalue weighted by atomic mass is 10.1. The fourth-order valence-electron chi connectivity index (χ4n) is 1.80. The maximum Gasteiger partial charge on any atom is 0.142 e. The van der Waals surface area contributed by atoms with Crippen LogP contribution in [0, 0.1) is 0 Å². The van der Waals surface area contributed by atoms with Gasteiger partial charge in [-0.1, -0.05) is 6.92 Å². The minimum absolute atomic E-state index is 0.111. The summed E-state index contributed by atoms with van der Waals surface area (Å²) >= 11 is 0. The third-order valence-electron chi connectivity index (χ3n) is 2.58. The highest BCUT2D eigenvalue weighted by atomic mass is 16.5. The van der Waals surface area contributed by atoms with Crippen LogP contribution in [0.5, 0.6) is 5.75 Å². The second kappa shape index (κ2) is 6.07. The van der Waals surface area contributed by atoms with E-state index >= 15 is 0 Å². The average molecular weight is 244 g/mol. The molecule has 0 aliphatic rings. The van der Waals surface area contributed by atoms with Gasteiger partial charge in [-0.15, -0.1) is 0 Å². The molecule has 18 heavy (non-hydrogen) atoms. The zero-order valence-electron chi connectivity index (χ0n) is 10.5. The van der Waals surface area contributed by atoms with Gasteiger partial charge in [0.25, 0.3) is 0 Å². The summed E-state index contributed by atoms with van der Waals surface area (Å²) in [5.41, 5.74) is 1.65. The number of rotatable bonds is 5. The summed E-state index contributed by atoms with van der Waals surface area (Å²) in [5, 5.41) is 3.34. The summed E-state index contributed by atoms with van der Waals surface area (Å²) in [6.07, 6.45) is 6.82. The lowest BCUT2D eigenvalue weighted by Crippen LogP contribution is -2.24. The Kier molecular flexibility index (Phi) is 4.20. The number of nitrogens with one attached hydrogen (secondary N) is 1. The van der Waals surface area contributed by atoms with Crippen molar-refractivity contribution in [1.29, 1.82) is 0 Å².